The molecule has 3 heterocycles. The maximum absolute atomic E-state index is 5.01. The minimum atomic E-state index is 0.0383. The Morgan fingerprint density at radius 3 is 2.32 bits per heavy atom. The summed E-state index contributed by atoms with van der Waals surface area (Å²) in [6, 6.07) is 32.8. The van der Waals surface area contributed by atoms with Crippen LogP contribution in [0.3, 0.4) is 0 Å². The number of para-hydroxylation sites is 1. The normalized spacial score (nSPS) is 11.9. The van der Waals surface area contributed by atoms with Gasteiger partial charge in [-0.1, -0.05) is 75.0 Å². The van der Waals surface area contributed by atoms with Crippen LogP contribution < -0.4 is 0 Å². The van der Waals surface area contributed by atoms with Gasteiger partial charge in [0.15, 0.2) is 0 Å². The van der Waals surface area contributed by atoms with Gasteiger partial charge in [-0.25, -0.2) is 9.97 Å². The van der Waals surface area contributed by atoms with E-state index in [2.05, 4.69) is 129 Å². The standard InChI is InChI=1S/C34H31N3S/c1-22-15-16-35-33(17-22)38-27-10-8-9-24(19-27)25-13-14-29-28-11-6-7-12-30(28)37(31(29)20-25)32-21-26(34(3,4)5)18-23(2)36-32/h6-21H,1-5H3. The van der Waals surface area contributed by atoms with Gasteiger partial charge < -0.3 is 0 Å². The third-order valence-electron chi connectivity index (χ3n) is 6.99. The molecule has 0 aliphatic carbocycles. The Balaban J connectivity index is 1.51. The number of pyridine rings is 2. The number of aryl methyl sites for hydroxylation is 2. The van der Waals surface area contributed by atoms with E-state index in [9.17, 15) is 0 Å². The molecule has 0 saturated heterocycles. The van der Waals surface area contributed by atoms with Crippen molar-refractivity contribution in [2.75, 3.05) is 0 Å². The first kappa shape index (κ1) is 24.4. The summed E-state index contributed by atoms with van der Waals surface area (Å²) in [6.07, 6.45) is 1.87. The third-order valence-corrected chi connectivity index (χ3v) is 7.91. The molecule has 6 aromatic rings. The van der Waals surface area contributed by atoms with Gasteiger partial charge >= 0.3 is 0 Å². The molecular formula is C34H31N3S. The summed E-state index contributed by atoms with van der Waals surface area (Å²) in [5, 5.41) is 3.49. The first-order valence-corrected chi connectivity index (χ1v) is 13.8. The van der Waals surface area contributed by atoms with Crippen LogP contribution in [0.1, 0.15) is 37.6 Å². The maximum Gasteiger partial charge on any atom is 0.138 e. The Bertz CT molecular complexity index is 1810. The number of hydrogen-bond donors (Lipinski definition) is 0. The highest BCUT2D eigenvalue weighted by Gasteiger charge is 2.19. The second-order valence-corrected chi connectivity index (χ2v) is 12.1. The summed E-state index contributed by atoms with van der Waals surface area (Å²) >= 11 is 1.70. The van der Waals surface area contributed by atoms with Gasteiger partial charge in [-0.15, -0.1) is 0 Å². The van der Waals surface area contributed by atoms with E-state index in [0.717, 1.165) is 16.5 Å². The minimum absolute atomic E-state index is 0.0383. The highest BCUT2D eigenvalue weighted by Crippen LogP contribution is 2.36. The molecule has 3 aromatic carbocycles. The summed E-state index contributed by atoms with van der Waals surface area (Å²) in [6.45, 7) is 11.0. The lowest BCUT2D eigenvalue weighted by molar-refractivity contribution is 0.588. The summed E-state index contributed by atoms with van der Waals surface area (Å²) in [5.74, 6) is 0.966. The highest BCUT2D eigenvalue weighted by atomic mass is 32.2. The lowest BCUT2D eigenvalue weighted by atomic mass is 9.87. The van der Waals surface area contributed by atoms with Crippen LogP contribution in [0, 0.1) is 13.8 Å². The topological polar surface area (TPSA) is 30.7 Å². The molecule has 4 heteroatoms. The van der Waals surface area contributed by atoms with Gasteiger partial charge in [0.2, 0.25) is 0 Å². The Morgan fingerprint density at radius 1 is 0.711 bits per heavy atom. The van der Waals surface area contributed by atoms with Crippen molar-refractivity contribution in [3.05, 3.63) is 114 Å². The zero-order valence-electron chi connectivity index (χ0n) is 22.5. The first-order chi connectivity index (χ1) is 18.3. The fourth-order valence-electron chi connectivity index (χ4n) is 5.02. The van der Waals surface area contributed by atoms with Crippen molar-refractivity contribution in [3.63, 3.8) is 0 Å². The van der Waals surface area contributed by atoms with E-state index in [1.54, 1.807) is 11.8 Å². The number of aromatic nitrogens is 3. The van der Waals surface area contributed by atoms with Crippen LogP contribution >= 0.6 is 11.8 Å². The van der Waals surface area contributed by atoms with E-state index in [4.69, 9.17) is 4.98 Å². The maximum atomic E-state index is 5.01. The number of nitrogens with zero attached hydrogens (tertiary/aromatic N) is 3. The van der Waals surface area contributed by atoms with E-state index in [0.29, 0.717) is 0 Å². The van der Waals surface area contributed by atoms with E-state index in [-0.39, 0.29) is 5.41 Å². The van der Waals surface area contributed by atoms with Gasteiger partial charge in [0.05, 0.1) is 11.0 Å². The lowest BCUT2D eigenvalue weighted by Crippen LogP contribution is -2.13. The van der Waals surface area contributed by atoms with Gasteiger partial charge in [0.1, 0.15) is 10.8 Å². The van der Waals surface area contributed by atoms with Crippen molar-refractivity contribution in [2.45, 2.75) is 50.0 Å². The van der Waals surface area contributed by atoms with Crippen molar-refractivity contribution in [1.29, 1.82) is 0 Å². The average molecular weight is 514 g/mol. The van der Waals surface area contributed by atoms with Crippen molar-refractivity contribution in [2.24, 2.45) is 0 Å². The molecule has 0 atom stereocenters. The van der Waals surface area contributed by atoms with Gasteiger partial charge in [-0.05, 0) is 90.0 Å². The SMILES string of the molecule is Cc1ccnc(Sc2cccc(-c3ccc4c5ccccc5n(-c5cc(C(C)(C)C)cc(C)n5)c4c3)c2)c1. The molecular weight excluding hydrogens is 482 g/mol. The van der Waals surface area contributed by atoms with Gasteiger partial charge in [-0.3, -0.25) is 4.57 Å². The molecule has 3 aromatic heterocycles. The second-order valence-electron chi connectivity index (χ2n) is 11.0. The van der Waals surface area contributed by atoms with Crippen LogP contribution in [0.25, 0.3) is 38.8 Å². The Morgan fingerprint density at radius 2 is 1.50 bits per heavy atom. The Kier molecular flexibility index (Phi) is 6.08. The molecule has 0 N–H and O–H groups in total. The molecule has 0 bridgehead atoms. The molecule has 0 fully saturated rings. The van der Waals surface area contributed by atoms with Crippen LogP contribution in [0.4, 0.5) is 0 Å². The molecule has 3 nitrogen and oxygen atoms in total. The molecule has 0 radical (unpaired) electrons. The summed E-state index contributed by atoms with van der Waals surface area (Å²) in [5.41, 5.74) is 8.29. The predicted octanol–water partition coefficient (Wildman–Crippen LogP) is 9.31. The van der Waals surface area contributed by atoms with Gasteiger partial charge in [-0.2, -0.15) is 0 Å². The quantitative estimate of drug-likeness (QED) is 0.235. The molecule has 0 saturated carbocycles. The molecule has 0 aliphatic heterocycles. The summed E-state index contributed by atoms with van der Waals surface area (Å²) in [4.78, 5) is 10.7. The Hall–Kier alpha value is -3.89. The molecule has 188 valence electrons. The van der Waals surface area contributed by atoms with E-state index < -0.39 is 0 Å². The fourth-order valence-corrected chi connectivity index (χ4v) is 5.95. The molecule has 0 spiro atoms. The van der Waals surface area contributed by atoms with Crippen molar-refractivity contribution < 1.29 is 0 Å². The van der Waals surface area contributed by atoms with Crippen molar-refractivity contribution >= 4 is 33.6 Å². The number of rotatable bonds is 4. The molecule has 0 unspecified atom stereocenters. The molecule has 0 aliphatic rings. The predicted molar refractivity (Wildman–Crippen MR) is 161 cm³/mol. The van der Waals surface area contributed by atoms with Crippen LogP contribution in [-0.4, -0.2) is 14.5 Å². The monoisotopic (exact) mass is 513 g/mol. The van der Waals surface area contributed by atoms with E-state index in [1.165, 1.54) is 49.0 Å². The third kappa shape index (κ3) is 4.61. The van der Waals surface area contributed by atoms with Crippen LogP contribution in [0.5, 0.6) is 0 Å². The second kappa shape index (κ2) is 9.45. The van der Waals surface area contributed by atoms with Crippen LogP contribution in [0.15, 0.2) is 107 Å². The zero-order valence-corrected chi connectivity index (χ0v) is 23.3. The number of hydrogen-bond acceptors (Lipinski definition) is 3. The number of fused-ring (bicyclic) bond motifs is 3. The molecule has 0 amide bonds. The largest absolute Gasteiger partial charge is 0.294 e. The highest BCUT2D eigenvalue weighted by molar-refractivity contribution is 7.99. The average Bonchev–Trinajstić information content (AvgIpc) is 3.22. The van der Waals surface area contributed by atoms with Crippen molar-refractivity contribution in [3.8, 4) is 16.9 Å². The van der Waals surface area contributed by atoms with E-state index >= 15 is 0 Å². The first-order valence-electron chi connectivity index (χ1n) is 13.0. The zero-order chi connectivity index (χ0) is 26.4. The smallest absolute Gasteiger partial charge is 0.138 e. The van der Waals surface area contributed by atoms with Gasteiger partial charge in [0.25, 0.3) is 0 Å². The lowest BCUT2D eigenvalue weighted by Gasteiger charge is -2.21. The van der Waals surface area contributed by atoms with E-state index in [1.807, 2.05) is 12.3 Å². The number of benzene rings is 3. The minimum Gasteiger partial charge on any atom is -0.294 e. The molecule has 38 heavy (non-hydrogen) atoms. The summed E-state index contributed by atoms with van der Waals surface area (Å²) < 4.78 is 2.33. The van der Waals surface area contributed by atoms with Crippen LogP contribution in [-0.2, 0) is 5.41 Å². The summed E-state index contributed by atoms with van der Waals surface area (Å²) in [7, 11) is 0. The molecule has 6 rings (SSSR count). The fraction of sp³-hybridized carbons (Fsp3) is 0.176. The van der Waals surface area contributed by atoms with Crippen LogP contribution in [0.2, 0.25) is 0 Å². The Labute approximate surface area is 228 Å². The van der Waals surface area contributed by atoms with Gasteiger partial charge in [0, 0.05) is 27.6 Å². The van der Waals surface area contributed by atoms with Crippen molar-refractivity contribution in [1.82, 2.24) is 14.5 Å².